The number of anilines is 1. The van der Waals surface area contributed by atoms with Gasteiger partial charge in [-0.2, -0.15) is 5.10 Å². The number of aromatic nitrogens is 2. The van der Waals surface area contributed by atoms with Crippen LogP contribution in [0.5, 0.6) is 11.5 Å². The zero-order valence-corrected chi connectivity index (χ0v) is 17.9. The molecule has 1 aliphatic carbocycles. The number of para-hydroxylation sites is 1. The summed E-state index contributed by atoms with van der Waals surface area (Å²) in [7, 11) is 3.25. The molecule has 6 heteroatoms. The molecule has 3 aromatic rings. The topological polar surface area (TPSA) is 65.4 Å². The molecule has 1 atom stereocenters. The van der Waals surface area contributed by atoms with Crippen LogP contribution in [-0.4, -0.2) is 29.8 Å². The highest BCUT2D eigenvalue weighted by molar-refractivity contribution is 6.01. The molecule has 1 aliphatic heterocycles. The first-order valence-electron chi connectivity index (χ1n) is 10.5. The van der Waals surface area contributed by atoms with Gasteiger partial charge in [0.2, 0.25) is 0 Å². The average Bonchev–Trinajstić information content (AvgIpc) is 3.14. The fourth-order valence-corrected chi connectivity index (χ4v) is 4.74. The molecule has 0 saturated heterocycles. The van der Waals surface area contributed by atoms with Crippen LogP contribution < -0.4 is 14.8 Å². The van der Waals surface area contributed by atoms with Crippen LogP contribution in [0.15, 0.2) is 59.8 Å². The number of nitrogens with zero attached hydrogens (tertiary/aromatic N) is 2. The molecule has 0 spiro atoms. The van der Waals surface area contributed by atoms with E-state index in [0.29, 0.717) is 17.9 Å². The van der Waals surface area contributed by atoms with Gasteiger partial charge in [0.1, 0.15) is 5.82 Å². The van der Waals surface area contributed by atoms with Crippen molar-refractivity contribution in [3.63, 3.8) is 0 Å². The molecule has 5 rings (SSSR count). The van der Waals surface area contributed by atoms with Crippen molar-refractivity contribution in [3.05, 3.63) is 76.6 Å². The minimum Gasteiger partial charge on any atom is -0.493 e. The summed E-state index contributed by atoms with van der Waals surface area (Å²) in [6, 6.07) is 16.0. The van der Waals surface area contributed by atoms with Crippen LogP contribution in [0, 0.1) is 6.92 Å². The third-order valence-electron chi connectivity index (χ3n) is 6.15. The smallest absolute Gasteiger partial charge is 0.161 e. The van der Waals surface area contributed by atoms with Crippen molar-refractivity contribution in [2.45, 2.75) is 32.1 Å². The number of allylic oxidation sites excluding steroid dienone is 2. The number of fused-ring (bicyclic) bond motifs is 1. The Morgan fingerprint density at radius 3 is 2.55 bits per heavy atom. The van der Waals surface area contributed by atoms with Gasteiger partial charge in [0.25, 0.3) is 0 Å². The normalized spacial score (nSPS) is 17.6. The van der Waals surface area contributed by atoms with E-state index >= 15 is 0 Å². The number of nitrogens with one attached hydrogen (secondary N) is 1. The first kappa shape index (κ1) is 19.4. The second-order valence-corrected chi connectivity index (χ2v) is 7.94. The Balaban J connectivity index is 1.74. The summed E-state index contributed by atoms with van der Waals surface area (Å²) >= 11 is 0. The Kier molecular flexibility index (Phi) is 4.77. The molecule has 0 saturated carbocycles. The largest absolute Gasteiger partial charge is 0.493 e. The van der Waals surface area contributed by atoms with E-state index in [0.717, 1.165) is 52.4 Å². The molecule has 31 heavy (non-hydrogen) atoms. The van der Waals surface area contributed by atoms with Crippen molar-refractivity contribution in [3.8, 4) is 17.2 Å². The van der Waals surface area contributed by atoms with Gasteiger partial charge in [-0.3, -0.25) is 4.79 Å². The average molecular weight is 415 g/mol. The van der Waals surface area contributed by atoms with Gasteiger partial charge in [-0.25, -0.2) is 4.68 Å². The van der Waals surface area contributed by atoms with E-state index in [2.05, 4.69) is 5.32 Å². The third kappa shape index (κ3) is 3.10. The number of hydrogen-bond acceptors (Lipinski definition) is 5. The molecule has 0 unspecified atom stereocenters. The molecule has 0 amide bonds. The van der Waals surface area contributed by atoms with Crippen LogP contribution in [0.4, 0.5) is 5.82 Å². The maximum Gasteiger partial charge on any atom is 0.161 e. The van der Waals surface area contributed by atoms with Crippen molar-refractivity contribution >= 4 is 11.6 Å². The van der Waals surface area contributed by atoms with E-state index in [4.69, 9.17) is 14.6 Å². The number of carbonyl (C=O) groups is 1. The molecular formula is C25H25N3O3. The number of hydrogen-bond donors (Lipinski definition) is 1. The Labute approximate surface area is 181 Å². The highest BCUT2D eigenvalue weighted by atomic mass is 16.5. The summed E-state index contributed by atoms with van der Waals surface area (Å²) in [5, 5.41) is 8.43. The molecule has 2 aromatic carbocycles. The standard InChI is InChI=1S/C25H25N3O3/c1-15-22-23(16-12-13-20(30-2)21(14-16)31-3)24-18(10-7-11-19(24)29)26-25(22)28(27-15)17-8-5-4-6-9-17/h4-6,8-9,12-14,23,26H,7,10-11H2,1-3H3/t23-/m1/s1. The fraction of sp³-hybridized carbons (Fsp3) is 0.280. The number of ketones is 1. The number of methoxy groups -OCH3 is 2. The van der Waals surface area contributed by atoms with Gasteiger partial charge in [-0.1, -0.05) is 24.3 Å². The van der Waals surface area contributed by atoms with Crippen molar-refractivity contribution < 1.29 is 14.3 Å². The predicted octanol–water partition coefficient (Wildman–Crippen LogP) is 4.76. The lowest BCUT2D eigenvalue weighted by Gasteiger charge is -2.33. The lowest BCUT2D eigenvalue weighted by atomic mass is 9.76. The Morgan fingerprint density at radius 2 is 1.81 bits per heavy atom. The van der Waals surface area contributed by atoms with Crippen LogP contribution in [0.3, 0.4) is 0 Å². The van der Waals surface area contributed by atoms with Gasteiger partial charge in [-0.15, -0.1) is 0 Å². The quantitative estimate of drug-likeness (QED) is 0.665. The lowest BCUT2D eigenvalue weighted by molar-refractivity contribution is -0.116. The Bertz CT molecular complexity index is 1190. The second kappa shape index (κ2) is 7.61. The Morgan fingerprint density at radius 1 is 1.03 bits per heavy atom. The van der Waals surface area contributed by atoms with Crippen LogP contribution in [0.2, 0.25) is 0 Å². The highest BCUT2D eigenvalue weighted by Gasteiger charge is 2.39. The number of rotatable bonds is 4. The maximum absolute atomic E-state index is 13.1. The predicted molar refractivity (Wildman–Crippen MR) is 119 cm³/mol. The highest BCUT2D eigenvalue weighted by Crippen LogP contribution is 2.48. The van der Waals surface area contributed by atoms with Gasteiger partial charge in [-0.05, 0) is 49.6 Å². The van der Waals surface area contributed by atoms with Gasteiger partial charge in [0.05, 0.1) is 25.6 Å². The summed E-state index contributed by atoms with van der Waals surface area (Å²) in [5.74, 6) is 2.25. The molecule has 6 nitrogen and oxygen atoms in total. The second-order valence-electron chi connectivity index (χ2n) is 7.94. The van der Waals surface area contributed by atoms with Crippen LogP contribution in [0.1, 0.15) is 42.0 Å². The lowest BCUT2D eigenvalue weighted by Crippen LogP contribution is -2.27. The monoisotopic (exact) mass is 415 g/mol. The van der Waals surface area contributed by atoms with Crippen LogP contribution in [-0.2, 0) is 4.79 Å². The number of Topliss-reactive ketones (excluding diaryl/α,β-unsaturated/α-hetero) is 1. The number of carbonyl (C=O) groups excluding carboxylic acids is 1. The molecule has 0 bridgehead atoms. The molecule has 1 aromatic heterocycles. The van der Waals surface area contributed by atoms with Crippen molar-refractivity contribution in [1.29, 1.82) is 0 Å². The third-order valence-corrected chi connectivity index (χ3v) is 6.15. The van der Waals surface area contributed by atoms with Crippen molar-refractivity contribution in [2.24, 2.45) is 0 Å². The zero-order valence-electron chi connectivity index (χ0n) is 17.9. The maximum atomic E-state index is 13.1. The molecule has 2 aliphatic rings. The summed E-state index contributed by atoms with van der Waals surface area (Å²) in [5.41, 5.74) is 5.76. The Hall–Kier alpha value is -3.54. The van der Waals surface area contributed by atoms with Crippen LogP contribution in [0.25, 0.3) is 5.69 Å². The van der Waals surface area contributed by atoms with E-state index < -0.39 is 0 Å². The van der Waals surface area contributed by atoms with E-state index in [1.54, 1.807) is 14.2 Å². The van der Waals surface area contributed by atoms with E-state index in [-0.39, 0.29) is 11.7 Å². The number of benzene rings is 2. The molecule has 158 valence electrons. The van der Waals surface area contributed by atoms with E-state index in [9.17, 15) is 4.79 Å². The van der Waals surface area contributed by atoms with Gasteiger partial charge in [0.15, 0.2) is 17.3 Å². The molecular weight excluding hydrogens is 390 g/mol. The summed E-state index contributed by atoms with van der Waals surface area (Å²) in [6.07, 6.45) is 2.28. The van der Waals surface area contributed by atoms with Crippen molar-refractivity contribution in [2.75, 3.05) is 19.5 Å². The van der Waals surface area contributed by atoms with Gasteiger partial charge in [0, 0.05) is 29.2 Å². The zero-order chi connectivity index (χ0) is 21.5. The molecule has 0 radical (unpaired) electrons. The number of ether oxygens (including phenoxy) is 2. The van der Waals surface area contributed by atoms with E-state index in [1.165, 1.54) is 0 Å². The molecule has 0 fully saturated rings. The number of aryl methyl sites for hydroxylation is 1. The minimum absolute atomic E-state index is 0.198. The summed E-state index contributed by atoms with van der Waals surface area (Å²) < 4.78 is 12.9. The fourth-order valence-electron chi connectivity index (χ4n) is 4.74. The minimum atomic E-state index is -0.198. The summed E-state index contributed by atoms with van der Waals surface area (Å²) in [4.78, 5) is 13.1. The first-order chi connectivity index (χ1) is 15.1. The van der Waals surface area contributed by atoms with Gasteiger partial charge < -0.3 is 14.8 Å². The SMILES string of the molecule is COc1ccc([C@H]2C3=C(CCCC3=O)Nc3c2c(C)nn3-c2ccccc2)cc1OC. The summed E-state index contributed by atoms with van der Waals surface area (Å²) in [6.45, 7) is 2.01. The molecule has 1 N–H and O–H groups in total. The first-order valence-corrected chi connectivity index (χ1v) is 10.5. The van der Waals surface area contributed by atoms with Gasteiger partial charge >= 0.3 is 0 Å². The van der Waals surface area contributed by atoms with E-state index in [1.807, 2.05) is 60.1 Å². The van der Waals surface area contributed by atoms with Crippen LogP contribution >= 0.6 is 0 Å². The van der Waals surface area contributed by atoms with Crippen molar-refractivity contribution in [1.82, 2.24) is 9.78 Å². The molecule has 2 heterocycles.